The summed E-state index contributed by atoms with van der Waals surface area (Å²) < 4.78 is 0. The van der Waals surface area contributed by atoms with Crippen molar-refractivity contribution < 1.29 is 0 Å². The standard InChI is InChI=1S/C16H20N2S/c1-19-16-4-2-3-15(14(16)9-17)18(10-12-5-6-12)11-13-7-8-13/h2-4,12-13H,5-8,10-11H2,1H3. The summed E-state index contributed by atoms with van der Waals surface area (Å²) in [6.07, 6.45) is 7.51. The predicted octanol–water partition coefficient (Wildman–Crippen LogP) is 3.91. The fraction of sp³-hybridized carbons (Fsp3) is 0.562. The van der Waals surface area contributed by atoms with Crippen LogP contribution < -0.4 is 4.90 Å². The molecular weight excluding hydrogens is 252 g/mol. The molecule has 0 heterocycles. The Morgan fingerprint density at radius 3 is 2.32 bits per heavy atom. The average Bonchev–Trinajstić information content (AvgIpc) is 3.32. The maximum absolute atomic E-state index is 9.49. The van der Waals surface area contributed by atoms with E-state index in [1.54, 1.807) is 11.8 Å². The zero-order valence-corrected chi connectivity index (χ0v) is 12.2. The minimum absolute atomic E-state index is 0.864. The third kappa shape index (κ3) is 3.06. The Balaban J connectivity index is 1.88. The van der Waals surface area contributed by atoms with Gasteiger partial charge >= 0.3 is 0 Å². The van der Waals surface area contributed by atoms with E-state index in [1.165, 1.54) is 25.7 Å². The van der Waals surface area contributed by atoms with Crippen molar-refractivity contribution in [2.75, 3.05) is 24.2 Å². The highest BCUT2D eigenvalue weighted by Gasteiger charge is 2.30. The third-order valence-corrected chi connectivity index (χ3v) is 4.81. The molecule has 1 aromatic rings. The van der Waals surface area contributed by atoms with Crippen LogP contribution in [0.15, 0.2) is 23.1 Å². The van der Waals surface area contributed by atoms with E-state index >= 15 is 0 Å². The Labute approximate surface area is 119 Å². The topological polar surface area (TPSA) is 27.0 Å². The minimum Gasteiger partial charge on any atom is -0.370 e. The minimum atomic E-state index is 0.864. The van der Waals surface area contributed by atoms with Crippen molar-refractivity contribution in [1.82, 2.24) is 0 Å². The summed E-state index contributed by atoms with van der Waals surface area (Å²) in [7, 11) is 0. The average molecular weight is 272 g/mol. The highest BCUT2D eigenvalue weighted by molar-refractivity contribution is 7.98. The van der Waals surface area contributed by atoms with Crippen LogP contribution in [0.5, 0.6) is 0 Å². The molecule has 0 unspecified atom stereocenters. The van der Waals surface area contributed by atoms with Crippen molar-refractivity contribution in [2.24, 2.45) is 11.8 Å². The lowest BCUT2D eigenvalue weighted by Gasteiger charge is -2.26. The summed E-state index contributed by atoms with van der Waals surface area (Å²) in [5, 5.41) is 9.49. The van der Waals surface area contributed by atoms with Gasteiger partial charge in [0, 0.05) is 18.0 Å². The zero-order chi connectivity index (χ0) is 13.2. The van der Waals surface area contributed by atoms with Gasteiger partial charge in [-0.25, -0.2) is 0 Å². The first-order chi connectivity index (χ1) is 9.31. The quantitative estimate of drug-likeness (QED) is 0.735. The number of benzene rings is 1. The highest BCUT2D eigenvalue weighted by atomic mass is 32.2. The van der Waals surface area contributed by atoms with Gasteiger partial charge in [0.25, 0.3) is 0 Å². The van der Waals surface area contributed by atoms with Crippen LogP contribution in [-0.4, -0.2) is 19.3 Å². The van der Waals surface area contributed by atoms with E-state index < -0.39 is 0 Å². The van der Waals surface area contributed by atoms with E-state index in [4.69, 9.17) is 0 Å². The van der Waals surface area contributed by atoms with Gasteiger partial charge in [0.05, 0.1) is 11.3 Å². The zero-order valence-electron chi connectivity index (χ0n) is 11.4. The molecule has 3 heteroatoms. The predicted molar refractivity (Wildman–Crippen MR) is 80.6 cm³/mol. The Kier molecular flexibility index (Phi) is 3.70. The molecule has 100 valence electrons. The maximum Gasteiger partial charge on any atom is 0.103 e. The van der Waals surface area contributed by atoms with Crippen molar-refractivity contribution in [2.45, 2.75) is 30.6 Å². The van der Waals surface area contributed by atoms with Gasteiger partial charge in [0.1, 0.15) is 6.07 Å². The van der Waals surface area contributed by atoms with E-state index in [1.807, 2.05) is 6.26 Å². The number of anilines is 1. The van der Waals surface area contributed by atoms with Crippen LogP contribution in [0.4, 0.5) is 5.69 Å². The van der Waals surface area contributed by atoms with E-state index in [2.05, 4.69) is 29.2 Å². The first-order valence-electron chi connectivity index (χ1n) is 7.14. The number of nitrogens with zero attached hydrogens (tertiary/aromatic N) is 2. The molecule has 2 fully saturated rings. The first-order valence-corrected chi connectivity index (χ1v) is 8.36. The summed E-state index contributed by atoms with van der Waals surface area (Å²) in [4.78, 5) is 3.59. The lowest BCUT2D eigenvalue weighted by atomic mass is 10.1. The third-order valence-electron chi connectivity index (χ3n) is 4.03. The molecule has 0 amide bonds. The second kappa shape index (κ2) is 5.46. The van der Waals surface area contributed by atoms with Crippen molar-refractivity contribution in [3.05, 3.63) is 23.8 Å². The smallest absolute Gasteiger partial charge is 0.103 e. The molecule has 2 nitrogen and oxygen atoms in total. The molecule has 0 bridgehead atoms. The van der Waals surface area contributed by atoms with Crippen molar-refractivity contribution in [3.63, 3.8) is 0 Å². The highest BCUT2D eigenvalue weighted by Crippen LogP contribution is 2.38. The molecule has 2 saturated carbocycles. The Morgan fingerprint density at radius 1 is 1.21 bits per heavy atom. The van der Waals surface area contributed by atoms with Gasteiger partial charge in [-0.15, -0.1) is 11.8 Å². The lowest BCUT2D eigenvalue weighted by molar-refractivity contribution is 0.678. The van der Waals surface area contributed by atoms with Crippen LogP contribution in [-0.2, 0) is 0 Å². The van der Waals surface area contributed by atoms with E-state index in [0.717, 1.165) is 41.1 Å². The number of thioether (sulfide) groups is 1. The molecule has 0 aromatic heterocycles. The monoisotopic (exact) mass is 272 g/mol. The molecule has 0 saturated heterocycles. The van der Waals surface area contributed by atoms with Gasteiger partial charge in [-0.1, -0.05) is 6.07 Å². The molecule has 0 spiro atoms. The molecule has 0 N–H and O–H groups in total. The van der Waals surface area contributed by atoms with E-state index in [0.29, 0.717) is 0 Å². The van der Waals surface area contributed by atoms with Crippen LogP contribution in [0.2, 0.25) is 0 Å². The molecule has 2 aliphatic rings. The molecule has 0 aliphatic heterocycles. The summed E-state index contributed by atoms with van der Waals surface area (Å²) in [5.41, 5.74) is 2.03. The number of rotatable bonds is 6. The van der Waals surface area contributed by atoms with Crippen molar-refractivity contribution in [1.29, 1.82) is 5.26 Å². The summed E-state index contributed by atoms with van der Waals surface area (Å²) >= 11 is 1.67. The normalized spacial score (nSPS) is 18.1. The van der Waals surface area contributed by atoms with Crippen molar-refractivity contribution >= 4 is 17.4 Å². The summed E-state index contributed by atoms with van der Waals surface area (Å²) in [6, 6.07) is 8.70. The fourth-order valence-corrected chi connectivity index (χ4v) is 3.13. The fourth-order valence-electron chi connectivity index (χ4n) is 2.56. The van der Waals surface area contributed by atoms with Crippen LogP contribution in [0.1, 0.15) is 31.2 Å². The molecular formula is C16H20N2S. The molecule has 1 aromatic carbocycles. The molecule has 0 atom stereocenters. The Morgan fingerprint density at radius 2 is 1.84 bits per heavy atom. The van der Waals surface area contributed by atoms with Crippen LogP contribution >= 0.6 is 11.8 Å². The molecule has 19 heavy (non-hydrogen) atoms. The van der Waals surface area contributed by atoms with Gasteiger partial charge in [-0.05, 0) is 55.9 Å². The summed E-state index contributed by atoms with van der Waals surface area (Å²) in [5.74, 6) is 1.73. The molecule has 2 aliphatic carbocycles. The number of hydrogen-bond donors (Lipinski definition) is 0. The SMILES string of the molecule is CSc1cccc(N(CC2CC2)CC2CC2)c1C#N. The Hall–Kier alpha value is -1.14. The number of hydrogen-bond acceptors (Lipinski definition) is 3. The second-order valence-electron chi connectivity index (χ2n) is 5.76. The molecule has 3 rings (SSSR count). The van der Waals surface area contributed by atoms with Gasteiger partial charge in [0.15, 0.2) is 0 Å². The number of nitriles is 1. The molecule has 0 radical (unpaired) electrons. The first kappa shape index (κ1) is 12.9. The summed E-state index contributed by atoms with van der Waals surface area (Å²) in [6.45, 7) is 2.28. The van der Waals surface area contributed by atoms with Crippen molar-refractivity contribution in [3.8, 4) is 6.07 Å². The van der Waals surface area contributed by atoms with E-state index in [-0.39, 0.29) is 0 Å². The van der Waals surface area contributed by atoms with Crippen LogP contribution in [0, 0.1) is 23.2 Å². The lowest BCUT2D eigenvalue weighted by Crippen LogP contribution is -2.28. The van der Waals surface area contributed by atoms with Crippen LogP contribution in [0.25, 0.3) is 0 Å². The van der Waals surface area contributed by atoms with Gasteiger partial charge in [-0.2, -0.15) is 5.26 Å². The van der Waals surface area contributed by atoms with Gasteiger partial charge < -0.3 is 4.90 Å². The second-order valence-corrected chi connectivity index (χ2v) is 6.61. The van der Waals surface area contributed by atoms with Crippen LogP contribution in [0.3, 0.4) is 0 Å². The van der Waals surface area contributed by atoms with E-state index in [9.17, 15) is 5.26 Å². The van der Waals surface area contributed by atoms with Gasteiger partial charge in [-0.3, -0.25) is 0 Å². The van der Waals surface area contributed by atoms with Gasteiger partial charge in [0.2, 0.25) is 0 Å². The Bertz CT molecular complexity index is 484. The maximum atomic E-state index is 9.49. The largest absolute Gasteiger partial charge is 0.370 e.